The molecule has 2 rings (SSSR count). The van der Waals surface area contributed by atoms with Crippen LogP contribution in [0.1, 0.15) is 16.1 Å². The van der Waals surface area contributed by atoms with Crippen molar-refractivity contribution in [3.05, 3.63) is 45.9 Å². The largest absolute Gasteiger partial charge is 0.453 e. The van der Waals surface area contributed by atoms with Crippen molar-refractivity contribution in [1.29, 1.82) is 0 Å². The highest BCUT2D eigenvalue weighted by Gasteiger charge is 2.12. The Kier molecular flexibility index (Phi) is 2.92. The molecule has 0 aliphatic carbocycles. The molecule has 0 atom stereocenters. The molecule has 4 heteroatoms. The normalized spacial score (nSPS) is 10.4. The van der Waals surface area contributed by atoms with Gasteiger partial charge in [-0.2, -0.15) is 0 Å². The first-order chi connectivity index (χ1) is 7.63. The van der Waals surface area contributed by atoms with E-state index in [2.05, 4.69) is 15.9 Å². The predicted octanol–water partition coefficient (Wildman–Crippen LogP) is 3.97. The van der Waals surface area contributed by atoms with Crippen LogP contribution in [0, 0.1) is 12.7 Å². The van der Waals surface area contributed by atoms with Crippen molar-refractivity contribution in [3.8, 4) is 11.3 Å². The fourth-order valence-electron chi connectivity index (χ4n) is 1.48. The van der Waals surface area contributed by atoms with Gasteiger partial charge >= 0.3 is 0 Å². The van der Waals surface area contributed by atoms with Crippen molar-refractivity contribution in [2.45, 2.75) is 6.92 Å². The van der Waals surface area contributed by atoms with E-state index in [1.807, 2.05) is 0 Å². The molecule has 82 valence electrons. The molecular weight excluding hydrogens is 275 g/mol. The maximum atomic E-state index is 13.6. The minimum Gasteiger partial charge on any atom is -0.453 e. The molecule has 0 fully saturated rings. The topological polar surface area (TPSA) is 30.2 Å². The van der Waals surface area contributed by atoms with Crippen molar-refractivity contribution in [3.63, 3.8) is 0 Å². The minimum atomic E-state index is -0.318. The first kappa shape index (κ1) is 11.1. The van der Waals surface area contributed by atoms with Crippen LogP contribution in [0.2, 0.25) is 0 Å². The smallest absolute Gasteiger partial charge is 0.185 e. The summed E-state index contributed by atoms with van der Waals surface area (Å²) in [6.45, 7) is 1.67. The Morgan fingerprint density at radius 1 is 1.31 bits per heavy atom. The Morgan fingerprint density at radius 2 is 2.06 bits per heavy atom. The van der Waals surface area contributed by atoms with E-state index in [1.165, 1.54) is 0 Å². The van der Waals surface area contributed by atoms with Crippen LogP contribution >= 0.6 is 15.9 Å². The molecule has 0 aliphatic rings. The van der Waals surface area contributed by atoms with Gasteiger partial charge in [-0.15, -0.1) is 0 Å². The van der Waals surface area contributed by atoms with E-state index in [0.717, 1.165) is 0 Å². The average molecular weight is 283 g/mol. The van der Waals surface area contributed by atoms with Gasteiger partial charge in [-0.05, 0) is 52.7 Å². The summed E-state index contributed by atoms with van der Waals surface area (Å²) in [5, 5.41) is 0. The van der Waals surface area contributed by atoms with E-state index >= 15 is 0 Å². The van der Waals surface area contributed by atoms with Crippen LogP contribution in [0.15, 0.2) is 33.2 Å². The van der Waals surface area contributed by atoms with Crippen LogP contribution in [0.5, 0.6) is 0 Å². The maximum absolute atomic E-state index is 13.6. The molecule has 0 saturated heterocycles. The molecule has 1 aromatic heterocycles. The molecule has 0 radical (unpaired) electrons. The van der Waals surface area contributed by atoms with Gasteiger partial charge < -0.3 is 4.42 Å². The first-order valence-corrected chi connectivity index (χ1v) is 5.42. The zero-order valence-electron chi connectivity index (χ0n) is 8.46. The summed E-state index contributed by atoms with van der Waals surface area (Å²) in [4.78, 5) is 10.5. The fraction of sp³-hybridized carbons (Fsp3) is 0.0833. The molecule has 0 aliphatic heterocycles. The van der Waals surface area contributed by atoms with Crippen LogP contribution in [0.4, 0.5) is 4.39 Å². The minimum absolute atomic E-state index is 0.234. The summed E-state index contributed by atoms with van der Waals surface area (Å²) in [6.07, 6.45) is 0.619. The second kappa shape index (κ2) is 4.22. The number of hydrogen-bond donors (Lipinski definition) is 0. The molecule has 16 heavy (non-hydrogen) atoms. The second-order valence-corrected chi connectivity index (χ2v) is 4.21. The molecule has 0 N–H and O–H groups in total. The SMILES string of the molecule is Cc1c(-c2ccc(C=O)o2)ccc(Br)c1F. The molecule has 0 unspecified atom stereocenters. The van der Waals surface area contributed by atoms with Crippen molar-refractivity contribution in [2.24, 2.45) is 0 Å². The quantitative estimate of drug-likeness (QED) is 0.781. The Hall–Kier alpha value is -1.42. The van der Waals surface area contributed by atoms with E-state index in [4.69, 9.17) is 4.42 Å². The molecule has 2 nitrogen and oxygen atoms in total. The van der Waals surface area contributed by atoms with Crippen LogP contribution in [0.3, 0.4) is 0 Å². The lowest BCUT2D eigenvalue weighted by molar-refractivity contribution is 0.110. The van der Waals surface area contributed by atoms with Gasteiger partial charge in [-0.1, -0.05) is 0 Å². The highest BCUT2D eigenvalue weighted by Crippen LogP contribution is 2.30. The summed E-state index contributed by atoms with van der Waals surface area (Å²) >= 11 is 3.11. The Labute approximate surface area is 100 Å². The lowest BCUT2D eigenvalue weighted by Crippen LogP contribution is -1.88. The van der Waals surface area contributed by atoms with Gasteiger partial charge in [0.05, 0.1) is 4.47 Å². The van der Waals surface area contributed by atoms with Gasteiger partial charge in [0.25, 0.3) is 0 Å². The van der Waals surface area contributed by atoms with Crippen molar-refractivity contribution < 1.29 is 13.6 Å². The van der Waals surface area contributed by atoms with Gasteiger partial charge in [0.15, 0.2) is 12.0 Å². The molecule has 0 bridgehead atoms. The number of hydrogen-bond acceptors (Lipinski definition) is 2. The van der Waals surface area contributed by atoms with Crippen LogP contribution < -0.4 is 0 Å². The van der Waals surface area contributed by atoms with Crippen LogP contribution in [-0.4, -0.2) is 6.29 Å². The van der Waals surface area contributed by atoms with Gasteiger partial charge in [0.1, 0.15) is 11.6 Å². The van der Waals surface area contributed by atoms with E-state index in [9.17, 15) is 9.18 Å². The summed E-state index contributed by atoms with van der Waals surface area (Å²) in [6, 6.07) is 6.57. The number of benzene rings is 1. The van der Waals surface area contributed by atoms with Gasteiger partial charge in [0, 0.05) is 5.56 Å². The number of halogens is 2. The third-order valence-electron chi connectivity index (χ3n) is 2.35. The highest BCUT2D eigenvalue weighted by molar-refractivity contribution is 9.10. The lowest BCUT2D eigenvalue weighted by Gasteiger charge is -2.05. The number of carbonyl (C=O) groups is 1. The summed E-state index contributed by atoms with van der Waals surface area (Å²) < 4.78 is 19.3. The van der Waals surface area contributed by atoms with Crippen LogP contribution in [0.25, 0.3) is 11.3 Å². The van der Waals surface area contributed by atoms with Crippen molar-refractivity contribution in [2.75, 3.05) is 0 Å². The number of furan rings is 1. The fourth-order valence-corrected chi connectivity index (χ4v) is 1.91. The zero-order valence-corrected chi connectivity index (χ0v) is 10.0. The van der Waals surface area contributed by atoms with Gasteiger partial charge in [0.2, 0.25) is 0 Å². The number of rotatable bonds is 2. The Bertz CT molecular complexity index is 546. The molecular formula is C12H8BrFO2. The van der Waals surface area contributed by atoms with Crippen LogP contribution in [-0.2, 0) is 0 Å². The maximum Gasteiger partial charge on any atom is 0.185 e. The van der Waals surface area contributed by atoms with E-state index in [1.54, 1.807) is 31.2 Å². The van der Waals surface area contributed by atoms with E-state index < -0.39 is 0 Å². The predicted molar refractivity (Wildman–Crippen MR) is 61.9 cm³/mol. The number of carbonyl (C=O) groups excluding carboxylic acids is 1. The molecule has 1 heterocycles. The molecule has 0 saturated carbocycles. The van der Waals surface area contributed by atoms with Gasteiger partial charge in [-0.3, -0.25) is 4.79 Å². The number of aldehydes is 1. The zero-order chi connectivity index (χ0) is 11.7. The first-order valence-electron chi connectivity index (χ1n) is 4.63. The Morgan fingerprint density at radius 3 is 2.69 bits per heavy atom. The molecule has 1 aromatic carbocycles. The second-order valence-electron chi connectivity index (χ2n) is 3.35. The van der Waals surface area contributed by atoms with Crippen molar-refractivity contribution in [1.82, 2.24) is 0 Å². The summed E-state index contributed by atoms with van der Waals surface area (Å²) in [7, 11) is 0. The summed E-state index contributed by atoms with van der Waals surface area (Å²) in [5.41, 5.74) is 1.13. The van der Waals surface area contributed by atoms with Crippen molar-refractivity contribution >= 4 is 22.2 Å². The third-order valence-corrected chi connectivity index (χ3v) is 2.96. The molecule has 2 aromatic rings. The lowest BCUT2D eigenvalue weighted by atomic mass is 10.1. The molecule has 0 spiro atoms. The molecule has 0 amide bonds. The highest BCUT2D eigenvalue weighted by atomic mass is 79.9. The van der Waals surface area contributed by atoms with E-state index in [-0.39, 0.29) is 11.6 Å². The monoisotopic (exact) mass is 282 g/mol. The standard InChI is InChI=1S/C12H8BrFO2/c1-7-9(3-4-10(13)12(7)14)11-5-2-8(6-15)16-11/h2-6H,1H3. The van der Waals surface area contributed by atoms with E-state index in [0.29, 0.717) is 27.6 Å². The summed E-state index contributed by atoms with van der Waals surface area (Å²) in [5.74, 6) is 0.408. The van der Waals surface area contributed by atoms with Gasteiger partial charge in [-0.25, -0.2) is 4.39 Å². The third kappa shape index (κ3) is 1.80. The average Bonchev–Trinajstić information content (AvgIpc) is 2.74. The Balaban J connectivity index is 2.56.